The van der Waals surface area contributed by atoms with E-state index in [0.29, 0.717) is 9.90 Å². The number of halogens is 2. The van der Waals surface area contributed by atoms with Gasteiger partial charge in [0.25, 0.3) is 0 Å². The molecule has 0 amide bonds. The SMILES string of the molecule is CCCCCCN(CCCCCC)c1cc[n+](C(Br)CCCCC(Br)[n+]2ccc(N(CCCCCC)CCCCCC)cc2)cc1. The molecule has 0 radical (unpaired) electrons. The Morgan fingerprint density at radius 3 is 0.978 bits per heavy atom. The van der Waals surface area contributed by atoms with E-state index in [0.717, 1.165) is 12.8 Å². The van der Waals surface area contributed by atoms with Gasteiger partial charge in [0, 0.05) is 74.7 Å². The van der Waals surface area contributed by atoms with Gasteiger partial charge < -0.3 is 9.80 Å². The first-order valence-electron chi connectivity index (χ1n) is 19.3. The highest BCUT2D eigenvalue weighted by Crippen LogP contribution is 2.23. The molecule has 46 heavy (non-hydrogen) atoms. The lowest BCUT2D eigenvalue weighted by Crippen LogP contribution is -2.36. The predicted octanol–water partition coefficient (Wildman–Crippen LogP) is 12.2. The molecule has 2 atom stereocenters. The van der Waals surface area contributed by atoms with Crippen LogP contribution in [-0.4, -0.2) is 26.2 Å². The van der Waals surface area contributed by atoms with Crippen LogP contribution in [-0.2, 0) is 0 Å². The normalized spacial score (nSPS) is 12.7. The van der Waals surface area contributed by atoms with Crippen LogP contribution in [0.4, 0.5) is 11.4 Å². The molecule has 0 spiro atoms. The van der Waals surface area contributed by atoms with E-state index < -0.39 is 0 Å². The van der Waals surface area contributed by atoms with Crippen LogP contribution in [0.5, 0.6) is 0 Å². The van der Waals surface area contributed by atoms with Crippen LogP contribution in [0.15, 0.2) is 49.1 Å². The highest BCUT2D eigenvalue weighted by Gasteiger charge is 2.18. The van der Waals surface area contributed by atoms with Crippen molar-refractivity contribution >= 4 is 43.2 Å². The lowest BCUT2D eigenvalue weighted by atomic mass is 10.1. The number of alkyl halides is 2. The second-order valence-electron chi connectivity index (χ2n) is 13.4. The van der Waals surface area contributed by atoms with Gasteiger partial charge in [-0.25, -0.2) is 0 Å². The van der Waals surface area contributed by atoms with Crippen LogP contribution in [0.2, 0.25) is 0 Å². The summed E-state index contributed by atoms with van der Waals surface area (Å²) in [6.45, 7) is 13.9. The molecule has 4 nitrogen and oxygen atoms in total. The number of pyridine rings is 2. The maximum Gasteiger partial charge on any atom is 0.211 e. The third kappa shape index (κ3) is 17.3. The molecule has 0 aliphatic heterocycles. The third-order valence-electron chi connectivity index (χ3n) is 9.31. The van der Waals surface area contributed by atoms with Gasteiger partial charge in [-0.1, -0.05) is 105 Å². The zero-order chi connectivity index (χ0) is 33.2. The molecule has 2 aromatic heterocycles. The van der Waals surface area contributed by atoms with Crippen LogP contribution >= 0.6 is 31.9 Å². The minimum absolute atomic E-state index is 0.338. The Balaban J connectivity index is 1.82. The van der Waals surface area contributed by atoms with Crippen molar-refractivity contribution in [3.05, 3.63) is 49.1 Å². The molecule has 0 aromatic carbocycles. The summed E-state index contributed by atoms with van der Waals surface area (Å²) in [5.41, 5.74) is 2.76. The molecular weight excluding hydrogens is 696 g/mol. The molecule has 0 bridgehead atoms. The number of nitrogens with zero attached hydrogens (tertiary/aromatic N) is 4. The summed E-state index contributed by atoms with van der Waals surface area (Å²) >= 11 is 7.96. The molecule has 6 heteroatoms. The molecule has 2 heterocycles. The molecule has 0 fully saturated rings. The zero-order valence-electron chi connectivity index (χ0n) is 30.3. The summed E-state index contributed by atoms with van der Waals surface area (Å²) in [7, 11) is 0. The lowest BCUT2D eigenvalue weighted by Gasteiger charge is -2.24. The second-order valence-corrected chi connectivity index (χ2v) is 15.5. The molecule has 2 rings (SSSR count). The van der Waals surface area contributed by atoms with Crippen molar-refractivity contribution in [2.24, 2.45) is 0 Å². The maximum atomic E-state index is 3.98. The van der Waals surface area contributed by atoms with Crippen molar-refractivity contribution in [2.45, 2.75) is 166 Å². The van der Waals surface area contributed by atoms with Gasteiger partial charge in [0.15, 0.2) is 24.8 Å². The number of aromatic nitrogens is 2. The zero-order valence-corrected chi connectivity index (χ0v) is 33.5. The number of rotatable bonds is 29. The van der Waals surface area contributed by atoms with E-state index in [-0.39, 0.29) is 0 Å². The Morgan fingerprint density at radius 1 is 0.435 bits per heavy atom. The quantitative estimate of drug-likeness (QED) is 0.0465. The standard InChI is InChI=1S/C40H70Br2N4/c1-5-9-13-19-29-43(30-20-14-10-6-2)37-25-33-45(34-26-37)39(41)23-17-18-24-40(42)46-35-27-38(28-36-46)44(31-21-15-11-7-3)32-22-16-12-8-4/h25-28,33-36,39-40H,5-24,29-32H2,1-4H3/q+2. The van der Waals surface area contributed by atoms with Gasteiger partial charge in [0.2, 0.25) is 9.90 Å². The fourth-order valence-corrected chi connectivity index (χ4v) is 7.43. The second kappa shape index (κ2) is 26.8. The van der Waals surface area contributed by atoms with E-state index in [1.807, 2.05) is 0 Å². The van der Waals surface area contributed by atoms with Crippen LogP contribution in [0, 0.1) is 0 Å². The average Bonchev–Trinajstić information content (AvgIpc) is 3.08. The molecule has 2 aromatic rings. The van der Waals surface area contributed by atoms with Crippen molar-refractivity contribution < 1.29 is 9.13 Å². The molecule has 0 N–H and O–H groups in total. The molecule has 0 saturated carbocycles. The first-order chi connectivity index (χ1) is 22.5. The van der Waals surface area contributed by atoms with E-state index in [1.54, 1.807) is 0 Å². The fraction of sp³-hybridized carbons (Fsp3) is 0.750. The van der Waals surface area contributed by atoms with Crippen molar-refractivity contribution in [1.29, 1.82) is 0 Å². The summed E-state index contributed by atoms with van der Waals surface area (Å²) in [6.07, 6.45) is 34.9. The number of hydrogen-bond acceptors (Lipinski definition) is 2. The van der Waals surface area contributed by atoms with E-state index in [4.69, 9.17) is 0 Å². The topological polar surface area (TPSA) is 14.2 Å². The van der Waals surface area contributed by atoms with Crippen LogP contribution < -0.4 is 18.9 Å². The highest BCUT2D eigenvalue weighted by atomic mass is 79.9. The van der Waals surface area contributed by atoms with E-state index >= 15 is 0 Å². The van der Waals surface area contributed by atoms with Gasteiger partial charge in [-0.2, -0.15) is 9.13 Å². The third-order valence-corrected chi connectivity index (χ3v) is 11.2. The van der Waals surface area contributed by atoms with Crippen molar-refractivity contribution in [2.75, 3.05) is 36.0 Å². The minimum atomic E-state index is 0.338. The summed E-state index contributed by atoms with van der Waals surface area (Å²) in [4.78, 5) is 5.92. The van der Waals surface area contributed by atoms with Gasteiger partial charge in [0.05, 0.1) is 0 Å². The van der Waals surface area contributed by atoms with Crippen LogP contribution in [0.3, 0.4) is 0 Å². The van der Waals surface area contributed by atoms with Crippen LogP contribution in [0.25, 0.3) is 0 Å². The molecule has 0 aliphatic carbocycles. The maximum absolute atomic E-state index is 3.98. The smallest absolute Gasteiger partial charge is 0.211 e. The van der Waals surface area contributed by atoms with Crippen molar-refractivity contribution in [3.63, 3.8) is 0 Å². The molecule has 0 aliphatic rings. The monoisotopic (exact) mass is 764 g/mol. The van der Waals surface area contributed by atoms with Crippen LogP contribution in [0.1, 0.15) is 166 Å². The highest BCUT2D eigenvalue weighted by molar-refractivity contribution is 9.09. The van der Waals surface area contributed by atoms with Crippen molar-refractivity contribution in [1.82, 2.24) is 0 Å². The first kappa shape index (κ1) is 41.0. The number of anilines is 2. The average molecular weight is 767 g/mol. The van der Waals surface area contributed by atoms with Gasteiger partial charge in [-0.15, -0.1) is 0 Å². The lowest BCUT2D eigenvalue weighted by molar-refractivity contribution is -0.699. The molecule has 262 valence electrons. The minimum Gasteiger partial charge on any atom is -0.371 e. The molecule has 2 unspecified atom stereocenters. The Labute approximate surface area is 302 Å². The predicted molar refractivity (Wildman–Crippen MR) is 209 cm³/mol. The Kier molecular flexibility index (Phi) is 23.9. The fourth-order valence-electron chi connectivity index (χ4n) is 6.24. The Hall–Kier alpha value is -1.14. The van der Waals surface area contributed by atoms with E-state index in [9.17, 15) is 0 Å². The van der Waals surface area contributed by atoms with Gasteiger partial charge in [-0.05, 0) is 70.4 Å². The summed E-state index contributed by atoms with van der Waals surface area (Å²) in [5.74, 6) is 0. The first-order valence-corrected chi connectivity index (χ1v) is 21.2. The number of unbranched alkanes of at least 4 members (excludes halogenated alkanes) is 13. The van der Waals surface area contributed by atoms with Gasteiger partial charge in [0.1, 0.15) is 0 Å². The summed E-state index contributed by atoms with van der Waals surface area (Å²) in [5, 5.41) is 0. The summed E-state index contributed by atoms with van der Waals surface area (Å²) < 4.78 is 4.68. The Morgan fingerprint density at radius 2 is 0.717 bits per heavy atom. The van der Waals surface area contributed by atoms with E-state index in [2.05, 4.69) is 128 Å². The molecule has 0 saturated heterocycles. The van der Waals surface area contributed by atoms with Gasteiger partial charge >= 0.3 is 0 Å². The summed E-state index contributed by atoms with van der Waals surface area (Å²) in [6, 6.07) is 9.33. The largest absolute Gasteiger partial charge is 0.371 e. The van der Waals surface area contributed by atoms with Crippen molar-refractivity contribution in [3.8, 4) is 0 Å². The Bertz CT molecular complexity index is 865. The van der Waals surface area contributed by atoms with E-state index in [1.165, 1.54) is 153 Å². The number of hydrogen-bond donors (Lipinski definition) is 0. The molecular formula is C40H70Br2N4+2. The van der Waals surface area contributed by atoms with Gasteiger partial charge in [-0.3, -0.25) is 0 Å².